The summed E-state index contributed by atoms with van der Waals surface area (Å²) in [6.07, 6.45) is 3.77. The van der Waals surface area contributed by atoms with Gasteiger partial charge >= 0.3 is 0 Å². The van der Waals surface area contributed by atoms with Crippen molar-refractivity contribution in [3.8, 4) is 0 Å². The molecule has 1 nitrogen and oxygen atoms in total. The molecule has 1 rings (SSSR count). The minimum Gasteiger partial charge on any atom is -0.392 e. The molecule has 1 heteroatoms. The molecule has 0 saturated carbocycles. The van der Waals surface area contributed by atoms with E-state index in [4.69, 9.17) is 5.11 Å². The standard InChI is InChI=1S/C6H10O/c1-5-2-3-6(7)4-5/h2,6-7H,3-4H2,1H3/t6-/m0/s1. The van der Waals surface area contributed by atoms with Crippen molar-refractivity contribution in [3.63, 3.8) is 0 Å². The van der Waals surface area contributed by atoms with E-state index in [-0.39, 0.29) is 6.10 Å². The van der Waals surface area contributed by atoms with Gasteiger partial charge in [-0.05, 0) is 19.8 Å². The lowest BCUT2D eigenvalue weighted by Crippen LogP contribution is -1.97. The molecule has 0 saturated heterocycles. The van der Waals surface area contributed by atoms with E-state index in [9.17, 15) is 0 Å². The summed E-state index contributed by atoms with van der Waals surface area (Å²) < 4.78 is 0. The third kappa shape index (κ3) is 1.03. The molecule has 0 fully saturated rings. The SMILES string of the molecule is CC1=CC[C@H](O)C1. The first kappa shape index (κ1) is 4.85. The van der Waals surface area contributed by atoms with Gasteiger partial charge in [0, 0.05) is 0 Å². The van der Waals surface area contributed by atoms with Crippen LogP contribution in [-0.4, -0.2) is 11.2 Å². The van der Waals surface area contributed by atoms with E-state index in [0.29, 0.717) is 0 Å². The molecule has 0 amide bonds. The monoisotopic (exact) mass is 98.1 g/mol. The van der Waals surface area contributed by atoms with Crippen LogP contribution >= 0.6 is 0 Å². The minimum absolute atomic E-state index is 0.0694. The molecule has 0 aliphatic heterocycles. The van der Waals surface area contributed by atoms with Crippen LogP contribution < -0.4 is 0 Å². The van der Waals surface area contributed by atoms with Gasteiger partial charge in [0.25, 0.3) is 0 Å². The first-order chi connectivity index (χ1) is 3.29. The highest BCUT2D eigenvalue weighted by molar-refractivity contribution is 5.06. The molecule has 1 atom stereocenters. The third-order valence-electron chi connectivity index (χ3n) is 1.30. The maximum Gasteiger partial charge on any atom is 0.0611 e. The van der Waals surface area contributed by atoms with E-state index in [1.54, 1.807) is 0 Å². The van der Waals surface area contributed by atoms with Crippen LogP contribution in [0.1, 0.15) is 19.8 Å². The summed E-state index contributed by atoms with van der Waals surface area (Å²) in [5.41, 5.74) is 1.33. The van der Waals surface area contributed by atoms with Gasteiger partial charge in [0.2, 0.25) is 0 Å². The highest BCUT2D eigenvalue weighted by Gasteiger charge is 2.08. The number of rotatable bonds is 0. The maximum atomic E-state index is 8.85. The Bertz CT molecular complexity index is 94.4. The average molecular weight is 98.1 g/mol. The fourth-order valence-electron chi connectivity index (χ4n) is 0.876. The molecule has 0 unspecified atom stereocenters. The summed E-state index contributed by atoms with van der Waals surface area (Å²) in [5, 5.41) is 8.85. The molecule has 1 aliphatic carbocycles. The van der Waals surface area contributed by atoms with E-state index < -0.39 is 0 Å². The Labute approximate surface area is 43.7 Å². The normalized spacial score (nSPS) is 30.6. The van der Waals surface area contributed by atoms with E-state index in [0.717, 1.165) is 12.8 Å². The Kier molecular flexibility index (Phi) is 1.15. The van der Waals surface area contributed by atoms with Gasteiger partial charge in [0.1, 0.15) is 0 Å². The molecule has 0 radical (unpaired) electrons. The Morgan fingerprint density at radius 3 is 2.71 bits per heavy atom. The number of hydrogen-bond acceptors (Lipinski definition) is 1. The minimum atomic E-state index is -0.0694. The first-order valence-electron chi connectivity index (χ1n) is 2.63. The average Bonchev–Trinajstić information content (AvgIpc) is 1.87. The van der Waals surface area contributed by atoms with Crippen molar-refractivity contribution in [3.05, 3.63) is 11.6 Å². The van der Waals surface area contributed by atoms with Crippen LogP contribution in [0.15, 0.2) is 11.6 Å². The molecule has 0 aromatic carbocycles. The van der Waals surface area contributed by atoms with Crippen molar-refractivity contribution < 1.29 is 5.11 Å². The van der Waals surface area contributed by atoms with Gasteiger partial charge in [-0.1, -0.05) is 11.6 Å². The molecule has 40 valence electrons. The van der Waals surface area contributed by atoms with E-state index >= 15 is 0 Å². The van der Waals surface area contributed by atoms with E-state index in [1.165, 1.54) is 5.57 Å². The Morgan fingerprint density at radius 1 is 1.86 bits per heavy atom. The van der Waals surface area contributed by atoms with E-state index in [2.05, 4.69) is 13.0 Å². The molecule has 0 heterocycles. The second-order valence-electron chi connectivity index (χ2n) is 2.14. The van der Waals surface area contributed by atoms with Crippen LogP contribution in [0.2, 0.25) is 0 Å². The second kappa shape index (κ2) is 1.66. The van der Waals surface area contributed by atoms with E-state index in [1.807, 2.05) is 0 Å². The van der Waals surface area contributed by atoms with Crippen LogP contribution in [0.3, 0.4) is 0 Å². The van der Waals surface area contributed by atoms with Gasteiger partial charge < -0.3 is 5.11 Å². The highest BCUT2D eigenvalue weighted by atomic mass is 16.3. The smallest absolute Gasteiger partial charge is 0.0611 e. The van der Waals surface area contributed by atoms with Crippen molar-refractivity contribution in [1.82, 2.24) is 0 Å². The Balaban J connectivity index is 2.42. The molecule has 0 spiro atoms. The number of aliphatic hydroxyl groups excluding tert-OH is 1. The van der Waals surface area contributed by atoms with Crippen molar-refractivity contribution in [2.24, 2.45) is 0 Å². The zero-order valence-electron chi connectivity index (χ0n) is 4.52. The maximum absolute atomic E-state index is 8.85. The molecular weight excluding hydrogens is 88.1 g/mol. The molecule has 1 aliphatic rings. The molecule has 0 bridgehead atoms. The third-order valence-corrected chi connectivity index (χ3v) is 1.30. The lowest BCUT2D eigenvalue weighted by Gasteiger charge is -1.94. The quantitative estimate of drug-likeness (QED) is 0.449. The Hall–Kier alpha value is -0.300. The first-order valence-corrected chi connectivity index (χ1v) is 2.63. The molecule has 0 aromatic heterocycles. The van der Waals surface area contributed by atoms with Gasteiger partial charge in [-0.3, -0.25) is 0 Å². The predicted molar refractivity (Wildman–Crippen MR) is 29.0 cm³/mol. The zero-order chi connectivity index (χ0) is 5.28. The van der Waals surface area contributed by atoms with Crippen LogP contribution in [0.25, 0.3) is 0 Å². The van der Waals surface area contributed by atoms with Crippen LogP contribution in [0.4, 0.5) is 0 Å². The van der Waals surface area contributed by atoms with Gasteiger partial charge in [0.15, 0.2) is 0 Å². The largest absolute Gasteiger partial charge is 0.392 e. The summed E-state index contributed by atoms with van der Waals surface area (Å²) in [7, 11) is 0. The molecule has 1 N–H and O–H groups in total. The van der Waals surface area contributed by atoms with Crippen molar-refractivity contribution in [2.75, 3.05) is 0 Å². The molecular formula is C6H10O. The topological polar surface area (TPSA) is 20.2 Å². The summed E-state index contributed by atoms with van der Waals surface area (Å²) >= 11 is 0. The van der Waals surface area contributed by atoms with Gasteiger partial charge in [-0.15, -0.1) is 0 Å². The fraction of sp³-hybridized carbons (Fsp3) is 0.667. The van der Waals surface area contributed by atoms with Crippen molar-refractivity contribution >= 4 is 0 Å². The zero-order valence-corrected chi connectivity index (χ0v) is 4.52. The lowest BCUT2D eigenvalue weighted by atomic mass is 10.2. The van der Waals surface area contributed by atoms with Gasteiger partial charge in [-0.2, -0.15) is 0 Å². The van der Waals surface area contributed by atoms with Crippen molar-refractivity contribution in [2.45, 2.75) is 25.9 Å². The van der Waals surface area contributed by atoms with Gasteiger partial charge in [0.05, 0.1) is 6.10 Å². The second-order valence-corrected chi connectivity index (χ2v) is 2.14. The highest BCUT2D eigenvalue weighted by Crippen LogP contribution is 2.16. The summed E-state index contributed by atoms with van der Waals surface area (Å²) in [6.45, 7) is 2.05. The van der Waals surface area contributed by atoms with Gasteiger partial charge in [-0.25, -0.2) is 0 Å². The predicted octanol–water partition coefficient (Wildman–Crippen LogP) is 1.09. The lowest BCUT2D eigenvalue weighted by molar-refractivity contribution is 0.188. The molecule has 0 aromatic rings. The summed E-state index contributed by atoms with van der Waals surface area (Å²) in [5.74, 6) is 0. The summed E-state index contributed by atoms with van der Waals surface area (Å²) in [4.78, 5) is 0. The Morgan fingerprint density at radius 2 is 2.57 bits per heavy atom. The van der Waals surface area contributed by atoms with Crippen LogP contribution in [-0.2, 0) is 0 Å². The van der Waals surface area contributed by atoms with Crippen molar-refractivity contribution in [1.29, 1.82) is 0 Å². The van der Waals surface area contributed by atoms with Crippen LogP contribution in [0, 0.1) is 0 Å². The number of hydrogen-bond donors (Lipinski definition) is 1. The number of aliphatic hydroxyl groups is 1. The fourth-order valence-corrected chi connectivity index (χ4v) is 0.876. The summed E-state index contributed by atoms with van der Waals surface area (Å²) in [6, 6.07) is 0. The van der Waals surface area contributed by atoms with Crippen LogP contribution in [0.5, 0.6) is 0 Å². The molecule has 7 heavy (non-hydrogen) atoms.